The largest absolute Gasteiger partial charge is 0.349 e. The fraction of sp³-hybridized carbons (Fsp3) is 0.667. The molecule has 0 bridgehead atoms. The van der Waals surface area contributed by atoms with Gasteiger partial charge in [-0.05, 0) is 25.2 Å². The molecule has 0 aliphatic heterocycles. The van der Waals surface area contributed by atoms with Crippen LogP contribution < -0.4 is 5.32 Å². The molecule has 1 atom stereocenters. The fourth-order valence-electron chi connectivity index (χ4n) is 2.41. The second-order valence-corrected chi connectivity index (χ2v) is 5.32. The number of carbonyl (C=O) groups is 1. The molecule has 88 valence electrons. The Balaban J connectivity index is 2.06. The minimum absolute atomic E-state index is 0.00812. The Bertz CT molecular complexity index is 395. The van der Waals surface area contributed by atoms with Crippen LogP contribution in [-0.4, -0.2) is 22.1 Å². The minimum atomic E-state index is -0.00812. The lowest BCUT2D eigenvalue weighted by Gasteiger charge is -2.27. The Kier molecular flexibility index (Phi) is 2.74. The lowest BCUT2D eigenvalue weighted by atomic mass is 9.87. The van der Waals surface area contributed by atoms with Crippen molar-refractivity contribution in [3.05, 3.63) is 17.5 Å². The maximum absolute atomic E-state index is 12.0. The summed E-state index contributed by atoms with van der Waals surface area (Å²) in [5, 5.41) is 9.77. The highest BCUT2D eigenvalue weighted by Gasteiger charge is 2.35. The van der Waals surface area contributed by atoms with Crippen molar-refractivity contribution < 1.29 is 4.79 Å². The molecule has 0 spiro atoms. The van der Waals surface area contributed by atoms with Crippen LogP contribution in [0.5, 0.6) is 0 Å². The van der Waals surface area contributed by atoms with E-state index in [0.29, 0.717) is 5.56 Å². The van der Waals surface area contributed by atoms with Crippen molar-refractivity contribution in [2.45, 2.75) is 46.1 Å². The standard InChI is InChI=1S/C12H19N3O/c1-8-9(7-13-15-8)11(16)14-10-5-4-6-12(10,2)3/h7,10H,4-6H2,1-3H3,(H,13,15)(H,14,16). The lowest BCUT2D eigenvalue weighted by molar-refractivity contribution is 0.0909. The Labute approximate surface area is 95.8 Å². The molecular weight excluding hydrogens is 202 g/mol. The van der Waals surface area contributed by atoms with E-state index in [2.05, 4.69) is 29.4 Å². The van der Waals surface area contributed by atoms with Gasteiger partial charge in [0.15, 0.2) is 0 Å². The van der Waals surface area contributed by atoms with E-state index in [9.17, 15) is 4.79 Å². The summed E-state index contributed by atoms with van der Waals surface area (Å²) in [7, 11) is 0. The van der Waals surface area contributed by atoms with Crippen molar-refractivity contribution in [2.75, 3.05) is 0 Å². The number of carbonyl (C=O) groups excluding carboxylic acids is 1. The average molecular weight is 221 g/mol. The predicted molar refractivity (Wildman–Crippen MR) is 62.2 cm³/mol. The van der Waals surface area contributed by atoms with Crippen molar-refractivity contribution in [3.8, 4) is 0 Å². The number of rotatable bonds is 2. The number of H-pyrrole nitrogens is 1. The monoisotopic (exact) mass is 221 g/mol. The van der Waals surface area contributed by atoms with Gasteiger partial charge in [0.1, 0.15) is 0 Å². The van der Waals surface area contributed by atoms with E-state index in [4.69, 9.17) is 0 Å². The summed E-state index contributed by atoms with van der Waals surface area (Å²) in [6.07, 6.45) is 5.05. The maximum Gasteiger partial charge on any atom is 0.254 e. The van der Waals surface area contributed by atoms with Gasteiger partial charge < -0.3 is 5.32 Å². The van der Waals surface area contributed by atoms with Crippen molar-refractivity contribution >= 4 is 5.91 Å². The summed E-state index contributed by atoms with van der Waals surface area (Å²) < 4.78 is 0. The molecule has 1 unspecified atom stereocenters. The van der Waals surface area contributed by atoms with E-state index in [1.54, 1.807) is 6.20 Å². The highest BCUT2D eigenvalue weighted by atomic mass is 16.1. The number of hydrogen-bond acceptors (Lipinski definition) is 2. The molecule has 2 N–H and O–H groups in total. The Hall–Kier alpha value is -1.32. The Morgan fingerprint density at radius 3 is 2.88 bits per heavy atom. The van der Waals surface area contributed by atoms with E-state index in [1.807, 2.05) is 6.92 Å². The summed E-state index contributed by atoms with van der Waals surface area (Å²) in [5.74, 6) is -0.00812. The Morgan fingerprint density at radius 1 is 1.62 bits per heavy atom. The molecule has 1 heterocycles. The third-order valence-corrected chi connectivity index (χ3v) is 3.64. The third-order valence-electron chi connectivity index (χ3n) is 3.64. The summed E-state index contributed by atoms with van der Waals surface area (Å²) in [6.45, 7) is 6.29. The highest BCUT2D eigenvalue weighted by Crippen LogP contribution is 2.37. The molecule has 1 fully saturated rings. The first-order valence-electron chi connectivity index (χ1n) is 5.81. The first-order chi connectivity index (χ1) is 7.50. The third kappa shape index (κ3) is 1.96. The molecule has 0 aromatic carbocycles. The second kappa shape index (κ2) is 3.92. The van der Waals surface area contributed by atoms with E-state index in [0.717, 1.165) is 12.1 Å². The molecule has 0 saturated heterocycles. The van der Waals surface area contributed by atoms with E-state index < -0.39 is 0 Å². The first kappa shape index (κ1) is 11.2. The zero-order chi connectivity index (χ0) is 11.8. The summed E-state index contributed by atoms with van der Waals surface area (Å²) in [4.78, 5) is 12.0. The normalized spacial score (nSPS) is 23.3. The van der Waals surface area contributed by atoms with Gasteiger partial charge in [0.05, 0.1) is 11.8 Å². The van der Waals surface area contributed by atoms with Gasteiger partial charge in [-0.25, -0.2) is 0 Å². The average Bonchev–Trinajstić information content (AvgIpc) is 2.74. The highest BCUT2D eigenvalue weighted by molar-refractivity contribution is 5.95. The van der Waals surface area contributed by atoms with Crippen molar-refractivity contribution in [1.82, 2.24) is 15.5 Å². The predicted octanol–water partition coefficient (Wildman–Crippen LogP) is 2.03. The number of nitrogens with one attached hydrogen (secondary N) is 2. The number of aromatic amines is 1. The smallest absolute Gasteiger partial charge is 0.254 e. The molecule has 1 aromatic heterocycles. The van der Waals surface area contributed by atoms with Crippen LogP contribution in [0.3, 0.4) is 0 Å². The molecule has 2 rings (SSSR count). The number of nitrogens with zero attached hydrogens (tertiary/aromatic N) is 1. The molecule has 4 nitrogen and oxygen atoms in total. The van der Waals surface area contributed by atoms with Gasteiger partial charge in [0, 0.05) is 11.7 Å². The summed E-state index contributed by atoms with van der Waals surface area (Å²) in [6, 6.07) is 0.286. The van der Waals surface area contributed by atoms with Crippen LogP contribution in [0.25, 0.3) is 0 Å². The zero-order valence-electron chi connectivity index (χ0n) is 10.1. The number of aryl methyl sites for hydroxylation is 1. The van der Waals surface area contributed by atoms with Gasteiger partial charge in [0.2, 0.25) is 0 Å². The first-order valence-corrected chi connectivity index (χ1v) is 5.81. The number of amides is 1. The fourth-order valence-corrected chi connectivity index (χ4v) is 2.41. The molecule has 1 aliphatic carbocycles. The molecule has 1 aromatic rings. The topological polar surface area (TPSA) is 57.8 Å². The number of aromatic nitrogens is 2. The quantitative estimate of drug-likeness (QED) is 0.802. The van der Waals surface area contributed by atoms with E-state index >= 15 is 0 Å². The van der Waals surface area contributed by atoms with Crippen molar-refractivity contribution in [1.29, 1.82) is 0 Å². The maximum atomic E-state index is 12.0. The molecule has 1 amide bonds. The molecule has 4 heteroatoms. The summed E-state index contributed by atoms with van der Waals surface area (Å²) >= 11 is 0. The van der Waals surface area contributed by atoms with Crippen LogP contribution in [0.2, 0.25) is 0 Å². The molecule has 0 radical (unpaired) electrons. The number of hydrogen-bond donors (Lipinski definition) is 2. The minimum Gasteiger partial charge on any atom is -0.349 e. The van der Waals surface area contributed by atoms with E-state index in [1.165, 1.54) is 12.8 Å². The van der Waals surface area contributed by atoms with Gasteiger partial charge in [0.25, 0.3) is 5.91 Å². The van der Waals surface area contributed by atoms with Crippen LogP contribution in [0, 0.1) is 12.3 Å². The van der Waals surface area contributed by atoms with Crippen LogP contribution in [0.15, 0.2) is 6.20 Å². The van der Waals surface area contributed by atoms with Crippen LogP contribution in [0.4, 0.5) is 0 Å². The molecule has 16 heavy (non-hydrogen) atoms. The van der Waals surface area contributed by atoms with Crippen LogP contribution in [-0.2, 0) is 0 Å². The van der Waals surface area contributed by atoms with Crippen molar-refractivity contribution in [2.24, 2.45) is 5.41 Å². The van der Waals surface area contributed by atoms with Crippen LogP contribution >= 0.6 is 0 Å². The van der Waals surface area contributed by atoms with Gasteiger partial charge in [-0.3, -0.25) is 9.89 Å². The molecule has 1 aliphatic rings. The molecule has 1 saturated carbocycles. The van der Waals surface area contributed by atoms with Gasteiger partial charge in [-0.15, -0.1) is 0 Å². The lowest BCUT2D eigenvalue weighted by Crippen LogP contribution is -2.41. The van der Waals surface area contributed by atoms with Gasteiger partial charge in [-0.1, -0.05) is 20.3 Å². The SMILES string of the molecule is Cc1[nH]ncc1C(=O)NC1CCCC1(C)C. The Morgan fingerprint density at radius 2 is 2.38 bits per heavy atom. The van der Waals surface area contributed by atoms with E-state index in [-0.39, 0.29) is 17.4 Å². The van der Waals surface area contributed by atoms with Gasteiger partial charge >= 0.3 is 0 Å². The molecular formula is C12H19N3O. The zero-order valence-corrected chi connectivity index (χ0v) is 10.1. The summed E-state index contributed by atoms with van der Waals surface area (Å²) in [5.41, 5.74) is 1.70. The van der Waals surface area contributed by atoms with Crippen LogP contribution in [0.1, 0.15) is 49.2 Å². The second-order valence-electron chi connectivity index (χ2n) is 5.32. The van der Waals surface area contributed by atoms with Gasteiger partial charge in [-0.2, -0.15) is 5.10 Å². The van der Waals surface area contributed by atoms with Crippen molar-refractivity contribution in [3.63, 3.8) is 0 Å².